The molecule has 0 saturated carbocycles. The molecule has 6 nitrogen and oxygen atoms in total. The summed E-state index contributed by atoms with van der Waals surface area (Å²) in [4.78, 5) is 9.61. The van der Waals surface area contributed by atoms with Crippen molar-refractivity contribution in [2.24, 2.45) is 0 Å². The third-order valence-corrected chi connectivity index (χ3v) is 12.0. The van der Waals surface area contributed by atoms with E-state index in [4.69, 9.17) is 18.8 Å². The lowest BCUT2D eigenvalue weighted by Gasteiger charge is -2.30. The monoisotopic (exact) mass is 752 g/mol. The van der Waals surface area contributed by atoms with Gasteiger partial charge in [0.2, 0.25) is 11.8 Å². The van der Waals surface area contributed by atoms with E-state index < -0.39 is 5.41 Å². The van der Waals surface area contributed by atoms with E-state index in [0.29, 0.717) is 45.1 Å². The molecule has 6 heteroatoms. The fourth-order valence-electron chi connectivity index (χ4n) is 9.43. The number of rotatable bonds is 4. The van der Waals surface area contributed by atoms with E-state index in [2.05, 4.69) is 140 Å². The summed E-state index contributed by atoms with van der Waals surface area (Å²) in [5.74, 6) is 0.829. The van der Waals surface area contributed by atoms with Gasteiger partial charge in [0, 0.05) is 11.1 Å². The van der Waals surface area contributed by atoms with Gasteiger partial charge in [-0.05, 0) is 133 Å². The second-order valence-corrected chi connectivity index (χ2v) is 15.2. The maximum atomic E-state index is 9.52. The van der Waals surface area contributed by atoms with Crippen molar-refractivity contribution < 1.29 is 8.83 Å². The summed E-state index contributed by atoms with van der Waals surface area (Å²) in [5, 5.41) is 19.0. The van der Waals surface area contributed by atoms with Crippen LogP contribution >= 0.6 is 0 Å². The number of oxazole rings is 2. The van der Waals surface area contributed by atoms with Gasteiger partial charge in [0.05, 0.1) is 28.7 Å². The smallest absolute Gasteiger partial charge is 0.227 e. The van der Waals surface area contributed by atoms with Crippen LogP contribution in [0, 0.1) is 22.7 Å². The molecule has 0 unspecified atom stereocenters. The number of nitriles is 2. The van der Waals surface area contributed by atoms with E-state index in [1.807, 2.05) is 6.07 Å². The van der Waals surface area contributed by atoms with Gasteiger partial charge in [-0.15, -0.1) is 0 Å². The first-order chi connectivity index (χ1) is 29.1. The van der Waals surface area contributed by atoms with Crippen molar-refractivity contribution in [3.8, 4) is 79.6 Å². The molecule has 1 spiro atoms. The summed E-state index contributed by atoms with van der Waals surface area (Å²) in [6, 6.07) is 63.0. The molecule has 0 saturated heterocycles. The highest BCUT2D eigenvalue weighted by atomic mass is 16.4. The minimum absolute atomic E-state index is 0.415. The number of nitrogens with zero attached hydrogens (tertiary/aromatic N) is 4. The van der Waals surface area contributed by atoms with Crippen LogP contribution in [0.4, 0.5) is 0 Å². The van der Waals surface area contributed by atoms with Crippen molar-refractivity contribution in [3.63, 3.8) is 0 Å². The number of hydrogen-bond donors (Lipinski definition) is 0. The summed E-state index contributed by atoms with van der Waals surface area (Å²) in [6.45, 7) is 0. The van der Waals surface area contributed by atoms with Crippen LogP contribution in [0.1, 0.15) is 33.4 Å². The SMILES string of the molecule is N#Cc1ccc2oc(-c3cc(-c4cccc(-c5ccc6c(c5)C5(c7ccccc7-c7ccccc75)c5ccccc5-6)c4)cc(-c4nc5cc(C#N)ccc5o4)c3)nc2c1. The highest BCUT2D eigenvalue weighted by Gasteiger charge is 2.51. The van der Waals surface area contributed by atoms with Crippen LogP contribution in [-0.2, 0) is 5.41 Å². The Labute approximate surface area is 338 Å². The van der Waals surface area contributed by atoms with Crippen molar-refractivity contribution in [1.29, 1.82) is 10.5 Å². The Morgan fingerprint density at radius 1 is 0.373 bits per heavy atom. The molecular formula is C53H28N4O2. The first-order valence-corrected chi connectivity index (χ1v) is 19.4. The Morgan fingerprint density at radius 3 is 1.34 bits per heavy atom. The second-order valence-electron chi connectivity index (χ2n) is 15.2. The van der Waals surface area contributed by atoms with Gasteiger partial charge in [0.25, 0.3) is 0 Å². The molecule has 2 heterocycles. The zero-order valence-electron chi connectivity index (χ0n) is 31.3. The molecule has 2 aliphatic carbocycles. The number of benzene rings is 8. The molecule has 12 rings (SSSR count). The predicted octanol–water partition coefficient (Wildman–Crippen LogP) is 12.7. The lowest BCUT2D eigenvalue weighted by atomic mass is 9.70. The zero-order chi connectivity index (χ0) is 39.2. The quantitative estimate of drug-likeness (QED) is 0.177. The van der Waals surface area contributed by atoms with Gasteiger partial charge < -0.3 is 8.83 Å². The normalized spacial score (nSPS) is 12.8. The fourth-order valence-corrected chi connectivity index (χ4v) is 9.43. The highest BCUT2D eigenvalue weighted by Crippen LogP contribution is 2.63. The number of hydrogen-bond acceptors (Lipinski definition) is 6. The summed E-state index contributed by atoms with van der Waals surface area (Å²) in [7, 11) is 0. The minimum Gasteiger partial charge on any atom is -0.436 e. The van der Waals surface area contributed by atoms with E-state index in [9.17, 15) is 10.5 Å². The van der Waals surface area contributed by atoms with Gasteiger partial charge in [0.1, 0.15) is 11.0 Å². The van der Waals surface area contributed by atoms with Gasteiger partial charge in [0.15, 0.2) is 11.2 Å². The van der Waals surface area contributed by atoms with Crippen molar-refractivity contribution in [1.82, 2.24) is 9.97 Å². The van der Waals surface area contributed by atoms with E-state index in [-0.39, 0.29) is 0 Å². The first kappa shape index (κ1) is 32.9. The Balaban J connectivity index is 1.02. The van der Waals surface area contributed by atoms with Crippen LogP contribution in [0.15, 0.2) is 179 Å². The van der Waals surface area contributed by atoms with Gasteiger partial charge in [-0.3, -0.25) is 0 Å². The van der Waals surface area contributed by atoms with Crippen LogP contribution in [-0.4, -0.2) is 9.97 Å². The topological polar surface area (TPSA) is 99.6 Å². The minimum atomic E-state index is -0.433. The Kier molecular flexibility index (Phi) is 6.88. The first-order valence-electron chi connectivity index (χ1n) is 19.4. The van der Waals surface area contributed by atoms with Crippen LogP contribution < -0.4 is 0 Å². The highest BCUT2D eigenvalue weighted by molar-refractivity contribution is 5.96. The van der Waals surface area contributed by atoms with Crippen LogP contribution in [0.25, 0.3) is 89.6 Å². The van der Waals surface area contributed by atoms with Crippen LogP contribution in [0.2, 0.25) is 0 Å². The number of fused-ring (bicyclic) bond motifs is 12. The van der Waals surface area contributed by atoms with Gasteiger partial charge in [-0.25, -0.2) is 9.97 Å². The third-order valence-electron chi connectivity index (χ3n) is 12.0. The molecular weight excluding hydrogens is 725 g/mol. The lowest BCUT2D eigenvalue weighted by molar-refractivity contribution is 0.617. The molecule has 59 heavy (non-hydrogen) atoms. The van der Waals surface area contributed by atoms with Gasteiger partial charge in [-0.2, -0.15) is 10.5 Å². The molecule has 0 aliphatic heterocycles. The molecule has 0 N–H and O–H groups in total. The molecule has 0 bridgehead atoms. The van der Waals surface area contributed by atoms with E-state index >= 15 is 0 Å². The van der Waals surface area contributed by atoms with E-state index in [1.54, 1.807) is 36.4 Å². The molecule has 2 aliphatic rings. The molecule has 272 valence electrons. The predicted molar refractivity (Wildman–Crippen MR) is 229 cm³/mol. The Bertz CT molecular complexity index is 3330. The summed E-state index contributed by atoms with van der Waals surface area (Å²) < 4.78 is 12.6. The summed E-state index contributed by atoms with van der Waals surface area (Å²) in [6.07, 6.45) is 0. The molecule has 0 amide bonds. The molecule has 8 aromatic carbocycles. The van der Waals surface area contributed by atoms with Gasteiger partial charge in [-0.1, -0.05) is 103 Å². The fraction of sp³-hybridized carbons (Fsp3) is 0.0189. The zero-order valence-corrected chi connectivity index (χ0v) is 31.3. The summed E-state index contributed by atoms with van der Waals surface area (Å²) in [5.41, 5.74) is 18.8. The summed E-state index contributed by atoms with van der Waals surface area (Å²) >= 11 is 0. The van der Waals surface area contributed by atoms with E-state index in [1.165, 1.54) is 44.5 Å². The van der Waals surface area contributed by atoms with Crippen LogP contribution in [0.5, 0.6) is 0 Å². The van der Waals surface area contributed by atoms with Crippen molar-refractivity contribution in [2.45, 2.75) is 5.41 Å². The standard InChI is InChI=1S/C53H28N4O2/c54-29-31-16-20-49-47(22-31)56-51(58-49)37-25-36(26-38(27-37)52-57-48-23-32(30-55)17-21-50(48)59-52)34-9-7-8-33(24-34)35-18-19-42-41-12-3-6-15-45(41)53(46(42)28-35)43-13-4-1-10-39(43)40-11-2-5-14-44(40)53/h1-28H. The van der Waals surface area contributed by atoms with E-state index in [0.717, 1.165) is 33.4 Å². The average Bonchev–Trinajstić information content (AvgIpc) is 4.07. The Hall–Kier alpha value is -8.32. The Morgan fingerprint density at radius 2 is 0.814 bits per heavy atom. The maximum Gasteiger partial charge on any atom is 0.227 e. The van der Waals surface area contributed by atoms with Crippen LogP contribution in [0.3, 0.4) is 0 Å². The maximum absolute atomic E-state index is 9.52. The molecule has 0 fully saturated rings. The molecule has 10 aromatic rings. The largest absolute Gasteiger partial charge is 0.436 e. The molecule has 0 atom stereocenters. The van der Waals surface area contributed by atoms with Crippen molar-refractivity contribution >= 4 is 22.2 Å². The number of aromatic nitrogens is 2. The molecule has 0 radical (unpaired) electrons. The van der Waals surface area contributed by atoms with Crippen molar-refractivity contribution in [3.05, 3.63) is 203 Å². The second kappa shape index (κ2) is 12.3. The molecule has 2 aromatic heterocycles. The van der Waals surface area contributed by atoms with Gasteiger partial charge >= 0.3 is 0 Å². The van der Waals surface area contributed by atoms with Crippen molar-refractivity contribution in [2.75, 3.05) is 0 Å². The average molecular weight is 753 g/mol. The lowest BCUT2D eigenvalue weighted by Crippen LogP contribution is -2.25. The third kappa shape index (κ3) is 4.78.